The molecule has 0 unspecified atom stereocenters. The zero-order valence-corrected chi connectivity index (χ0v) is 7.57. The third-order valence-electron chi connectivity index (χ3n) is 2.75. The summed E-state index contributed by atoms with van der Waals surface area (Å²) in [6.45, 7) is 1.90. The van der Waals surface area contributed by atoms with Crippen molar-refractivity contribution in [1.82, 2.24) is 0 Å². The minimum Gasteiger partial charge on any atom is -0.490 e. The third-order valence-corrected chi connectivity index (χ3v) is 2.75. The smallest absolute Gasteiger partial charge is 0.142 e. The van der Waals surface area contributed by atoms with Gasteiger partial charge in [-0.2, -0.15) is 0 Å². The molecule has 1 aromatic rings. The van der Waals surface area contributed by atoms with Crippen LogP contribution in [0.4, 0.5) is 5.69 Å². The van der Waals surface area contributed by atoms with Crippen molar-refractivity contribution >= 4 is 5.69 Å². The molecule has 1 fully saturated rings. The van der Waals surface area contributed by atoms with Crippen molar-refractivity contribution in [2.75, 3.05) is 18.1 Å². The SMILES string of the molecule is c1ccc2c(c1)OCCN2C1CC1. The molecular weight excluding hydrogens is 162 g/mol. The van der Waals surface area contributed by atoms with Crippen LogP contribution in [0.3, 0.4) is 0 Å². The second-order valence-corrected chi connectivity index (χ2v) is 3.74. The summed E-state index contributed by atoms with van der Waals surface area (Å²) in [4.78, 5) is 2.48. The molecule has 0 N–H and O–H groups in total. The molecule has 1 aliphatic carbocycles. The lowest BCUT2D eigenvalue weighted by Gasteiger charge is -2.31. The van der Waals surface area contributed by atoms with Crippen molar-refractivity contribution in [2.24, 2.45) is 0 Å². The van der Waals surface area contributed by atoms with Gasteiger partial charge in [-0.1, -0.05) is 12.1 Å². The second kappa shape index (κ2) is 2.66. The van der Waals surface area contributed by atoms with E-state index in [1.165, 1.54) is 18.5 Å². The zero-order chi connectivity index (χ0) is 8.67. The molecule has 13 heavy (non-hydrogen) atoms. The number of benzene rings is 1. The van der Waals surface area contributed by atoms with Crippen molar-refractivity contribution in [3.8, 4) is 5.75 Å². The van der Waals surface area contributed by atoms with E-state index in [0.717, 1.165) is 24.9 Å². The number of anilines is 1. The molecule has 0 radical (unpaired) electrons. The average molecular weight is 175 g/mol. The lowest BCUT2D eigenvalue weighted by molar-refractivity contribution is 0.306. The van der Waals surface area contributed by atoms with Crippen LogP contribution in [0.1, 0.15) is 12.8 Å². The standard InChI is InChI=1S/C11H13NO/c1-2-4-11-10(3-1)12(7-8-13-11)9-5-6-9/h1-4,9H,5-8H2. The Morgan fingerprint density at radius 3 is 2.92 bits per heavy atom. The Balaban J connectivity index is 2.00. The van der Waals surface area contributed by atoms with Crippen LogP contribution in [0.5, 0.6) is 5.75 Å². The number of nitrogens with zero attached hydrogens (tertiary/aromatic N) is 1. The Labute approximate surface area is 78.1 Å². The highest BCUT2D eigenvalue weighted by atomic mass is 16.5. The summed E-state index contributed by atoms with van der Waals surface area (Å²) in [5.74, 6) is 1.06. The van der Waals surface area contributed by atoms with Gasteiger partial charge in [0.1, 0.15) is 12.4 Å². The van der Waals surface area contributed by atoms with E-state index in [1.807, 2.05) is 6.07 Å². The van der Waals surface area contributed by atoms with Crippen molar-refractivity contribution in [3.05, 3.63) is 24.3 Å². The van der Waals surface area contributed by atoms with Gasteiger partial charge in [0.25, 0.3) is 0 Å². The molecule has 1 heterocycles. The molecular formula is C11H13NO. The van der Waals surface area contributed by atoms with Crippen LogP contribution in [0.15, 0.2) is 24.3 Å². The number of fused-ring (bicyclic) bond motifs is 1. The van der Waals surface area contributed by atoms with E-state index >= 15 is 0 Å². The molecule has 0 spiro atoms. The molecule has 1 saturated carbocycles. The summed E-state index contributed by atoms with van der Waals surface area (Å²) in [7, 11) is 0. The Morgan fingerprint density at radius 1 is 1.23 bits per heavy atom. The molecule has 2 nitrogen and oxygen atoms in total. The monoisotopic (exact) mass is 175 g/mol. The first-order valence-corrected chi connectivity index (χ1v) is 4.93. The molecule has 3 rings (SSSR count). The molecule has 2 heteroatoms. The van der Waals surface area contributed by atoms with Crippen molar-refractivity contribution in [3.63, 3.8) is 0 Å². The molecule has 2 aliphatic rings. The van der Waals surface area contributed by atoms with Crippen LogP contribution in [0, 0.1) is 0 Å². The van der Waals surface area contributed by atoms with Gasteiger partial charge in [-0.3, -0.25) is 0 Å². The highest BCUT2D eigenvalue weighted by molar-refractivity contribution is 5.61. The number of hydrogen-bond donors (Lipinski definition) is 0. The molecule has 0 aromatic heterocycles. The predicted molar refractivity (Wildman–Crippen MR) is 52.3 cm³/mol. The van der Waals surface area contributed by atoms with E-state index in [1.54, 1.807) is 0 Å². The van der Waals surface area contributed by atoms with Gasteiger partial charge in [-0.05, 0) is 25.0 Å². The maximum Gasteiger partial charge on any atom is 0.142 e. The van der Waals surface area contributed by atoms with Gasteiger partial charge in [-0.15, -0.1) is 0 Å². The minimum absolute atomic E-state index is 0.796. The molecule has 0 bridgehead atoms. The van der Waals surface area contributed by atoms with Gasteiger partial charge in [-0.25, -0.2) is 0 Å². The summed E-state index contributed by atoms with van der Waals surface area (Å²) in [6.07, 6.45) is 2.71. The molecule has 0 atom stereocenters. The number of hydrogen-bond acceptors (Lipinski definition) is 2. The Hall–Kier alpha value is -1.18. The van der Waals surface area contributed by atoms with Crippen molar-refractivity contribution in [2.45, 2.75) is 18.9 Å². The Kier molecular flexibility index (Phi) is 1.48. The van der Waals surface area contributed by atoms with E-state index in [4.69, 9.17) is 4.74 Å². The predicted octanol–water partition coefficient (Wildman–Crippen LogP) is 2.05. The largest absolute Gasteiger partial charge is 0.490 e. The van der Waals surface area contributed by atoms with Gasteiger partial charge >= 0.3 is 0 Å². The fraction of sp³-hybridized carbons (Fsp3) is 0.455. The highest BCUT2D eigenvalue weighted by Gasteiger charge is 2.32. The summed E-state index contributed by atoms with van der Waals surface area (Å²) >= 11 is 0. The summed E-state index contributed by atoms with van der Waals surface area (Å²) in [6, 6.07) is 9.14. The highest BCUT2D eigenvalue weighted by Crippen LogP contribution is 2.38. The van der Waals surface area contributed by atoms with Crippen molar-refractivity contribution < 1.29 is 4.74 Å². The molecule has 1 aromatic carbocycles. The van der Waals surface area contributed by atoms with E-state index in [9.17, 15) is 0 Å². The first kappa shape index (κ1) is 7.25. The van der Waals surface area contributed by atoms with E-state index < -0.39 is 0 Å². The van der Waals surface area contributed by atoms with Crippen LogP contribution in [0.25, 0.3) is 0 Å². The lowest BCUT2D eigenvalue weighted by atomic mass is 10.2. The van der Waals surface area contributed by atoms with E-state index in [2.05, 4.69) is 23.1 Å². The van der Waals surface area contributed by atoms with Crippen LogP contribution < -0.4 is 9.64 Å². The van der Waals surface area contributed by atoms with Gasteiger partial charge in [0, 0.05) is 6.04 Å². The number of ether oxygens (including phenoxy) is 1. The molecule has 0 amide bonds. The fourth-order valence-corrected chi connectivity index (χ4v) is 1.96. The summed E-state index contributed by atoms with van der Waals surface area (Å²) < 4.78 is 5.59. The minimum atomic E-state index is 0.796. The van der Waals surface area contributed by atoms with Crippen LogP contribution >= 0.6 is 0 Å². The van der Waals surface area contributed by atoms with Crippen molar-refractivity contribution in [1.29, 1.82) is 0 Å². The normalized spacial score (nSPS) is 20.8. The average Bonchev–Trinajstić information content (AvgIpc) is 3.00. The Bertz CT molecular complexity index is 320. The van der Waals surface area contributed by atoms with Gasteiger partial charge in [0.15, 0.2) is 0 Å². The lowest BCUT2D eigenvalue weighted by Crippen LogP contribution is -2.34. The summed E-state index contributed by atoms with van der Waals surface area (Å²) in [5.41, 5.74) is 1.29. The Morgan fingerprint density at radius 2 is 2.08 bits per heavy atom. The van der Waals surface area contributed by atoms with Gasteiger partial charge < -0.3 is 9.64 Å². The maximum atomic E-state index is 5.59. The first-order valence-electron chi connectivity index (χ1n) is 4.93. The van der Waals surface area contributed by atoms with E-state index in [-0.39, 0.29) is 0 Å². The number of para-hydroxylation sites is 2. The summed E-state index contributed by atoms with van der Waals surface area (Å²) in [5, 5.41) is 0. The maximum absolute atomic E-state index is 5.59. The third kappa shape index (κ3) is 1.17. The van der Waals surface area contributed by atoms with Crippen LogP contribution in [-0.2, 0) is 0 Å². The molecule has 1 aliphatic heterocycles. The second-order valence-electron chi connectivity index (χ2n) is 3.74. The van der Waals surface area contributed by atoms with Gasteiger partial charge in [0.05, 0.1) is 12.2 Å². The number of rotatable bonds is 1. The van der Waals surface area contributed by atoms with Crippen LogP contribution in [0.2, 0.25) is 0 Å². The molecule has 68 valence electrons. The fourth-order valence-electron chi connectivity index (χ4n) is 1.96. The molecule has 0 saturated heterocycles. The van der Waals surface area contributed by atoms with E-state index in [0.29, 0.717) is 0 Å². The first-order chi connectivity index (χ1) is 6.45. The quantitative estimate of drug-likeness (QED) is 0.647. The zero-order valence-electron chi connectivity index (χ0n) is 7.57. The topological polar surface area (TPSA) is 12.5 Å². The van der Waals surface area contributed by atoms with Crippen LogP contribution in [-0.4, -0.2) is 19.2 Å². The van der Waals surface area contributed by atoms with Gasteiger partial charge in [0.2, 0.25) is 0 Å².